The first-order valence-electron chi connectivity index (χ1n) is 14.7. The summed E-state index contributed by atoms with van der Waals surface area (Å²) in [6, 6.07) is 32.6. The summed E-state index contributed by atoms with van der Waals surface area (Å²) >= 11 is 1.64. The van der Waals surface area contributed by atoms with Gasteiger partial charge in [-0.3, -0.25) is 9.59 Å². The van der Waals surface area contributed by atoms with E-state index in [0.29, 0.717) is 22.8 Å². The molecular weight excluding hydrogens is 574 g/mol. The Kier molecular flexibility index (Phi) is 11.0. The lowest BCUT2D eigenvalue weighted by molar-refractivity contribution is -0.255. The molecule has 3 N–H and O–H groups in total. The van der Waals surface area contributed by atoms with E-state index in [-0.39, 0.29) is 49.5 Å². The molecule has 4 aromatic rings. The van der Waals surface area contributed by atoms with Crippen molar-refractivity contribution in [2.24, 2.45) is 0 Å². The fraction of sp³-hybridized carbons (Fsp3) is 0.278. The third kappa shape index (κ3) is 8.02. The summed E-state index contributed by atoms with van der Waals surface area (Å²) in [7, 11) is 0. The molecule has 1 aliphatic heterocycles. The minimum Gasteiger partial charge on any atom is -0.396 e. The number of ketones is 1. The first-order chi connectivity index (χ1) is 21.4. The van der Waals surface area contributed by atoms with Gasteiger partial charge in [-0.2, -0.15) is 11.8 Å². The number of hydrogen-bond donors (Lipinski definition) is 3. The predicted octanol–water partition coefficient (Wildman–Crippen LogP) is 6.23. The van der Waals surface area contributed by atoms with Gasteiger partial charge >= 0.3 is 0 Å². The molecule has 1 fully saturated rings. The Morgan fingerprint density at radius 1 is 0.795 bits per heavy atom. The van der Waals surface area contributed by atoms with Crippen molar-refractivity contribution in [2.45, 2.75) is 44.4 Å². The second-order valence-electron chi connectivity index (χ2n) is 10.8. The van der Waals surface area contributed by atoms with Gasteiger partial charge in [-0.25, -0.2) is 0 Å². The summed E-state index contributed by atoms with van der Waals surface area (Å²) < 4.78 is 13.4. The Morgan fingerprint density at radius 3 is 2.18 bits per heavy atom. The van der Waals surface area contributed by atoms with Crippen LogP contribution in [0.4, 0.5) is 5.69 Å². The molecule has 1 aliphatic rings. The van der Waals surface area contributed by atoms with Crippen LogP contribution in [0.15, 0.2) is 103 Å². The number of aliphatic hydroxyl groups is 2. The van der Waals surface area contributed by atoms with E-state index in [1.165, 1.54) is 6.92 Å². The molecule has 44 heavy (non-hydrogen) atoms. The number of anilines is 1. The Balaban J connectivity index is 1.36. The van der Waals surface area contributed by atoms with Crippen LogP contribution in [0, 0.1) is 0 Å². The third-order valence-electron chi connectivity index (χ3n) is 7.66. The Bertz CT molecular complexity index is 1530. The van der Waals surface area contributed by atoms with E-state index >= 15 is 0 Å². The van der Waals surface area contributed by atoms with E-state index in [4.69, 9.17) is 9.47 Å². The van der Waals surface area contributed by atoms with Crippen LogP contribution in [-0.2, 0) is 27.3 Å². The van der Waals surface area contributed by atoms with E-state index in [9.17, 15) is 19.8 Å². The topological polar surface area (TPSA) is 105 Å². The van der Waals surface area contributed by atoms with Crippen LogP contribution >= 0.6 is 11.8 Å². The van der Waals surface area contributed by atoms with E-state index in [1.807, 2.05) is 66.7 Å². The van der Waals surface area contributed by atoms with Gasteiger partial charge in [0.2, 0.25) is 5.91 Å². The Labute approximate surface area is 262 Å². The molecule has 5 rings (SSSR count). The summed E-state index contributed by atoms with van der Waals surface area (Å²) in [6.45, 7) is 1.56. The third-order valence-corrected chi connectivity index (χ3v) is 8.69. The fourth-order valence-corrected chi connectivity index (χ4v) is 6.23. The minimum atomic E-state index is -0.644. The average Bonchev–Trinajstić information content (AvgIpc) is 3.05. The summed E-state index contributed by atoms with van der Waals surface area (Å²) in [5.74, 6) is 0.953. The van der Waals surface area contributed by atoms with Crippen molar-refractivity contribution in [2.75, 3.05) is 23.4 Å². The van der Waals surface area contributed by atoms with E-state index < -0.39 is 6.29 Å². The molecule has 1 unspecified atom stereocenters. The van der Waals surface area contributed by atoms with Crippen LogP contribution < -0.4 is 5.32 Å². The summed E-state index contributed by atoms with van der Waals surface area (Å²) in [6.07, 6.45) is -0.992. The number of Topliss-reactive ketones (excluding diaryl/α,β-unsaturated/α-hetero) is 1. The van der Waals surface area contributed by atoms with E-state index in [0.717, 1.165) is 27.8 Å². The van der Waals surface area contributed by atoms with Crippen molar-refractivity contribution in [1.82, 2.24) is 0 Å². The number of nitrogens with one attached hydrogen (secondary N) is 1. The number of hydrogen-bond acceptors (Lipinski definition) is 7. The highest BCUT2D eigenvalue weighted by atomic mass is 32.2. The molecule has 0 aliphatic carbocycles. The number of benzene rings is 4. The first-order valence-corrected chi connectivity index (χ1v) is 15.8. The lowest BCUT2D eigenvalue weighted by Crippen LogP contribution is -2.38. The molecule has 1 saturated heterocycles. The van der Waals surface area contributed by atoms with Crippen molar-refractivity contribution >= 4 is 29.1 Å². The molecule has 0 saturated carbocycles. The fourth-order valence-electron chi connectivity index (χ4n) is 5.41. The van der Waals surface area contributed by atoms with Gasteiger partial charge in [0.1, 0.15) is 0 Å². The van der Waals surface area contributed by atoms with Crippen LogP contribution in [0.5, 0.6) is 0 Å². The SMILES string of the molecule is CC(=O)c1cccc(NC(=O)Cc2ccc(C3O[C@H](CSCCO)[C@@H](c4ccccc4)[C@H](c4ccc(CO)cc4)O3)cc2)c1. The normalized spacial score (nSPS) is 19.8. The van der Waals surface area contributed by atoms with Gasteiger partial charge in [0, 0.05) is 34.2 Å². The number of rotatable bonds is 12. The standard InChI is InChI=1S/C36H37NO6S/c1-24(40)30-8-5-9-31(21-30)37-33(41)20-25-10-16-29(17-11-25)36-42-32(23-44-19-18-38)34(27-6-3-2-4-7-27)35(43-36)28-14-12-26(22-39)13-15-28/h2-17,21,32,34-36,38-39H,18-20,22-23H2,1H3,(H,37,41)/t32-,34-,35+,36?/m1/s1. The van der Waals surface area contributed by atoms with Crippen LogP contribution in [0.2, 0.25) is 0 Å². The van der Waals surface area contributed by atoms with Crippen LogP contribution in [0.1, 0.15) is 63.4 Å². The van der Waals surface area contributed by atoms with Crippen molar-refractivity contribution in [3.8, 4) is 0 Å². The smallest absolute Gasteiger partial charge is 0.228 e. The molecule has 8 heteroatoms. The number of carbonyl (C=O) groups excluding carboxylic acids is 2. The van der Waals surface area contributed by atoms with Gasteiger partial charge in [-0.1, -0.05) is 91.0 Å². The molecule has 4 aromatic carbocycles. The summed E-state index contributed by atoms with van der Waals surface area (Å²) in [5.41, 5.74) is 5.72. The highest BCUT2D eigenvalue weighted by molar-refractivity contribution is 7.99. The molecule has 4 atom stereocenters. The lowest BCUT2D eigenvalue weighted by Gasteiger charge is -2.43. The van der Waals surface area contributed by atoms with Crippen LogP contribution in [0.25, 0.3) is 0 Å². The van der Waals surface area contributed by atoms with Crippen LogP contribution in [0.3, 0.4) is 0 Å². The minimum absolute atomic E-state index is 0.0325. The van der Waals surface area contributed by atoms with Gasteiger partial charge in [-0.15, -0.1) is 0 Å². The largest absolute Gasteiger partial charge is 0.396 e. The highest BCUT2D eigenvalue weighted by Gasteiger charge is 2.41. The molecule has 7 nitrogen and oxygen atoms in total. The van der Waals surface area contributed by atoms with Gasteiger partial charge in [0.25, 0.3) is 0 Å². The van der Waals surface area contributed by atoms with Crippen LogP contribution in [-0.4, -0.2) is 46.1 Å². The molecule has 1 amide bonds. The maximum Gasteiger partial charge on any atom is 0.228 e. The zero-order valence-corrected chi connectivity index (χ0v) is 25.4. The van der Waals surface area contributed by atoms with Gasteiger partial charge < -0.3 is 25.0 Å². The van der Waals surface area contributed by atoms with Gasteiger partial charge in [-0.05, 0) is 41.3 Å². The van der Waals surface area contributed by atoms with Crippen molar-refractivity contribution in [3.63, 3.8) is 0 Å². The first kappa shape index (κ1) is 31.6. The van der Waals surface area contributed by atoms with Crippen molar-refractivity contribution in [3.05, 3.63) is 137 Å². The molecule has 0 bridgehead atoms. The lowest BCUT2D eigenvalue weighted by atomic mass is 9.84. The number of ether oxygens (including phenoxy) is 2. The van der Waals surface area contributed by atoms with Crippen molar-refractivity contribution < 1.29 is 29.3 Å². The molecule has 1 heterocycles. The molecule has 0 spiro atoms. The van der Waals surface area contributed by atoms with Gasteiger partial charge in [0.15, 0.2) is 12.1 Å². The summed E-state index contributed by atoms with van der Waals surface area (Å²) in [5, 5.41) is 21.9. The summed E-state index contributed by atoms with van der Waals surface area (Å²) in [4.78, 5) is 24.4. The highest BCUT2D eigenvalue weighted by Crippen LogP contribution is 2.47. The van der Waals surface area contributed by atoms with Crippen molar-refractivity contribution in [1.29, 1.82) is 0 Å². The maximum absolute atomic E-state index is 12.8. The second kappa shape index (κ2) is 15.3. The molecule has 0 aromatic heterocycles. The Morgan fingerprint density at radius 2 is 1.50 bits per heavy atom. The second-order valence-corrected chi connectivity index (χ2v) is 12.0. The van der Waals surface area contributed by atoms with Gasteiger partial charge in [0.05, 0.1) is 31.8 Å². The van der Waals surface area contributed by atoms with E-state index in [2.05, 4.69) is 17.4 Å². The molecule has 228 valence electrons. The number of carbonyl (C=O) groups is 2. The Hall–Kier alpha value is -3.79. The zero-order valence-electron chi connectivity index (χ0n) is 24.6. The average molecular weight is 612 g/mol. The zero-order chi connectivity index (χ0) is 30.9. The maximum atomic E-state index is 12.8. The molecular formula is C36H37NO6S. The number of aliphatic hydroxyl groups excluding tert-OH is 2. The quantitative estimate of drug-likeness (QED) is 0.129. The number of amides is 1. The molecule has 0 radical (unpaired) electrons. The monoisotopic (exact) mass is 611 g/mol. The van der Waals surface area contributed by atoms with E-state index in [1.54, 1.807) is 36.0 Å². The number of thioether (sulfide) groups is 1. The predicted molar refractivity (Wildman–Crippen MR) is 173 cm³/mol.